The molecule has 0 radical (unpaired) electrons. The van der Waals surface area contributed by atoms with E-state index < -0.39 is 0 Å². The fraction of sp³-hybridized carbons (Fsp3) is 0.182. The molecule has 1 heterocycles. The molecular weight excluding hydrogens is 300 g/mol. The zero-order valence-corrected chi connectivity index (χ0v) is 11.8. The number of nitrogen functional groups attached to an aromatic ring is 1. The predicted molar refractivity (Wildman–Crippen MR) is 73.9 cm³/mol. The van der Waals surface area contributed by atoms with Crippen molar-refractivity contribution in [2.45, 2.75) is 12.1 Å². The molecule has 0 fully saturated rings. The van der Waals surface area contributed by atoms with E-state index in [1.165, 1.54) is 11.8 Å². The second-order valence-corrected chi connectivity index (χ2v) is 5.04. The number of hydrogen-bond donors (Lipinski definition) is 1. The number of halogens is 1. The number of benzene rings is 1. The highest BCUT2D eigenvalue weighted by atomic mass is 79.9. The topological polar surface area (TPSA) is 64.7 Å². The van der Waals surface area contributed by atoms with Gasteiger partial charge in [0.2, 0.25) is 5.95 Å². The van der Waals surface area contributed by atoms with Crippen molar-refractivity contribution in [2.24, 2.45) is 0 Å². The van der Waals surface area contributed by atoms with Crippen LogP contribution in [0.4, 0.5) is 5.95 Å². The summed E-state index contributed by atoms with van der Waals surface area (Å²) >= 11 is 4.94. The van der Waals surface area contributed by atoms with Crippen LogP contribution in [0.5, 0.6) is 0 Å². The Morgan fingerprint density at radius 2 is 2.00 bits per heavy atom. The van der Waals surface area contributed by atoms with Gasteiger partial charge < -0.3 is 5.73 Å². The summed E-state index contributed by atoms with van der Waals surface area (Å²) in [6.45, 7) is 2.01. The van der Waals surface area contributed by atoms with Crippen molar-refractivity contribution in [3.8, 4) is 11.4 Å². The Labute approximate surface area is 112 Å². The summed E-state index contributed by atoms with van der Waals surface area (Å²) in [6, 6.07) is 5.91. The molecule has 0 aliphatic carbocycles. The molecule has 0 spiro atoms. The van der Waals surface area contributed by atoms with E-state index in [4.69, 9.17) is 5.73 Å². The number of thioether (sulfide) groups is 1. The number of nitrogens with two attached hydrogens (primary N) is 1. The van der Waals surface area contributed by atoms with E-state index in [-0.39, 0.29) is 5.95 Å². The van der Waals surface area contributed by atoms with Crippen LogP contribution >= 0.6 is 27.7 Å². The summed E-state index contributed by atoms with van der Waals surface area (Å²) in [5.41, 5.74) is 7.72. The summed E-state index contributed by atoms with van der Waals surface area (Å²) in [7, 11) is 0. The number of aromatic nitrogens is 3. The first-order valence-corrected chi connectivity index (χ1v) is 6.94. The van der Waals surface area contributed by atoms with E-state index in [1.807, 2.05) is 31.4 Å². The van der Waals surface area contributed by atoms with Gasteiger partial charge in [-0.2, -0.15) is 9.97 Å². The van der Waals surface area contributed by atoms with Crippen LogP contribution in [0.25, 0.3) is 11.4 Å². The number of rotatable bonds is 2. The molecule has 0 bridgehead atoms. The Kier molecular flexibility index (Phi) is 3.63. The van der Waals surface area contributed by atoms with Crippen LogP contribution in [0.1, 0.15) is 5.56 Å². The molecule has 1 aromatic carbocycles. The van der Waals surface area contributed by atoms with Gasteiger partial charge >= 0.3 is 0 Å². The third-order valence-electron chi connectivity index (χ3n) is 2.32. The summed E-state index contributed by atoms with van der Waals surface area (Å²) in [4.78, 5) is 12.6. The monoisotopic (exact) mass is 310 g/mol. The second-order valence-electron chi connectivity index (χ2n) is 3.42. The van der Waals surface area contributed by atoms with Crippen molar-refractivity contribution in [3.63, 3.8) is 0 Å². The number of anilines is 1. The zero-order chi connectivity index (χ0) is 12.4. The SMILES string of the molecule is CSc1nc(N)nc(-c2cccc(Br)c2C)n1. The fourth-order valence-corrected chi connectivity index (χ4v) is 2.16. The molecule has 2 aromatic rings. The lowest BCUT2D eigenvalue weighted by molar-refractivity contribution is 0.926. The average molecular weight is 311 g/mol. The first-order chi connectivity index (χ1) is 8.11. The lowest BCUT2D eigenvalue weighted by Crippen LogP contribution is -2.02. The standard InChI is InChI=1S/C11H11BrN4S/c1-6-7(4-3-5-8(6)12)9-14-10(13)16-11(15-9)17-2/h3-5H,1-2H3,(H2,13,14,15,16). The Morgan fingerprint density at radius 1 is 1.24 bits per heavy atom. The van der Waals surface area contributed by atoms with E-state index in [0.717, 1.165) is 15.6 Å². The maximum absolute atomic E-state index is 5.67. The molecule has 0 aliphatic heterocycles. The van der Waals surface area contributed by atoms with Crippen molar-refractivity contribution in [3.05, 3.63) is 28.2 Å². The van der Waals surface area contributed by atoms with Gasteiger partial charge in [-0.15, -0.1) is 0 Å². The van der Waals surface area contributed by atoms with Gasteiger partial charge in [0.15, 0.2) is 11.0 Å². The molecule has 0 saturated heterocycles. The molecule has 0 atom stereocenters. The van der Waals surface area contributed by atoms with Crippen LogP contribution < -0.4 is 5.73 Å². The molecule has 0 saturated carbocycles. The van der Waals surface area contributed by atoms with Crippen molar-refractivity contribution < 1.29 is 0 Å². The fourth-order valence-electron chi connectivity index (χ4n) is 1.43. The van der Waals surface area contributed by atoms with E-state index in [9.17, 15) is 0 Å². The molecule has 88 valence electrons. The van der Waals surface area contributed by atoms with Gasteiger partial charge in [0, 0.05) is 10.0 Å². The Morgan fingerprint density at radius 3 is 2.71 bits per heavy atom. The highest BCUT2D eigenvalue weighted by molar-refractivity contribution is 9.10. The van der Waals surface area contributed by atoms with Crippen LogP contribution in [-0.2, 0) is 0 Å². The number of nitrogens with zero attached hydrogens (tertiary/aromatic N) is 3. The third-order valence-corrected chi connectivity index (χ3v) is 3.73. The molecule has 0 unspecified atom stereocenters. The average Bonchev–Trinajstić information content (AvgIpc) is 2.31. The van der Waals surface area contributed by atoms with Crippen LogP contribution in [0, 0.1) is 6.92 Å². The minimum absolute atomic E-state index is 0.249. The van der Waals surface area contributed by atoms with Crippen molar-refractivity contribution in [1.82, 2.24) is 15.0 Å². The molecule has 2 rings (SSSR count). The second kappa shape index (κ2) is 5.01. The van der Waals surface area contributed by atoms with Crippen LogP contribution in [0.2, 0.25) is 0 Å². The molecule has 0 aliphatic rings. The van der Waals surface area contributed by atoms with E-state index >= 15 is 0 Å². The Bertz CT molecular complexity index is 559. The van der Waals surface area contributed by atoms with Crippen molar-refractivity contribution in [1.29, 1.82) is 0 Å². The van der Waals surface area contributed by atoms with Crippen LogP contribution in [0.15, 0.2) is 27.8 Å². The maximum Gasteiger partial charge on any atom is 0.224 e. The molecule has 1 aromatic heterocycles. The number of hydrogen-bond acceptors (Lipinski definition) is 5. The van der Waals surface area contributed by atoms with Gasteiger partial charge in [-0.3, -0.25) is 0 Å². The molecule has 2 N–H and O–H groups in total. The van der Waals surface area contributed by atoms with Gasteiger partial charge in [-0.1, -0.05) is 39.8 Å². The lowest BCUT2D eigenvalue weighted by Gasteiger charge is -2.07. The first-order valence-electron chi connectivity index (χ1n) is 4.93. The van der Waals surface area contributed by atoms with Gasteiger partial charge in [0.05, 0.1) is 0 Å². The highest BCUT2D eigenvalue weighted by Gasteiger charge is 2.10. The minimum Gasteiger partial charge on any atom is -0.368 e. The third kappa shape index (κ3) is 2.58. The normalized spacial score (nSPS) is 10.5. The first kappa shape index (κ1) is 12.3. The van der Waals surface area contributed by atoms with E-state index in [2.05, 4.69) is 30.9 Å². The quantitative estimate of drug-likeness (QED) is 0.864. The Hall–Kier alpha value is -1.14. The molecule has 6 heteroatoms. The van der Waals surface area contributed by atoms with E-state index in [0.29, 0.717) is 11.0 Å². The minimum atomic E-state index is 0.249. The summed E-state index contributed by atoms with van der Waals surface area (Å²) < 4.78 is 1.03. The molecule has 17 heavy (non-hydrogen) atoms. The zero-order valence-electron chi connectivity index (χ0n) is 9.44. The summed E-state index contributed by atoms with van der Waals surface area (Å²) in [5, 5.41) is 0.631. The highest BCUT2D eigenvalue weighted by Crippen LogP contribution is 2.27. The van der Waals surface area contributed by atoms with E-state index in [1.54, 1.807) is 0 Å². The molecule has 4 nitrogen and oxygen atoms in total. The van der Waals surface area contributed by atoms with Crippen LogP contribution in [0.3, 0.4) is 0 Å². The lowest BCUT2D eigenvalue weighted by atomic mass is 10.1. The smallest absolute Gasteiger partial charge is 0.224 e. The van der Waals surface area contributed by atoms with Crippen LogP contribution in [-0.4, -0.2) is 21.2 Å². The van der Waals surface area contributed by atoms with Gasteiger partial charge in [0.1, 0.15) is 0 Å². The predicted octanol–water partition coefficient (Wildman–Crippen LogP) is 2.91. The summed E-state index contributed by atoms with van der Waals surface area (Å²) in [6.07, 6.45) is 1.91. The van der Waals surface area contributed by atoms with Gasteiger partial charge in [-0.25, -0.2) is 4.98 Å². The Balaban J connectivity index is 2.60. The summed E-state index contributed by atoms with van der Waals surface area (Å²) in [5.74, 6) is 0.861. The van der Waals surface area contributed by atoms with Gasteiger partial charge in [0.25, 0.3) is 0 Å². The van der Waals surface area contributed by atoms with Crippen molar-refractivity contribution in [2.75, 3.05) is 12.0 Å². The maximum atomic E-state index is 5.67. The largest absolute Gasteiger partial charge is 0.368 e. The molecule has 0 amide bonds. The van der Waals surface area contributed by atoms with Gasteiger partial charge in [-0.05, 0) is 24.8 Å². The van der Waals surface area contributed by atoms with Crippen molar-refractivity contribution >= 4 is 33.6 Å². The molecular formula is C11H11BrN4S.